The van der Waals surface area contributed by atoms with Crippen molar-refractivity contribution >= 4 is 16.7 Å². The Hall–Kier alpha value is -1.18. The Kier molecular flexibility index (Phi) is 3.56. The van der Waals surface area contributed by atoms with E-state index in [1.165, 1.54) is 0 Å². The fraction of sp³-hybridized carbons (Fsp3) is 0.500. The molecule has 1 aliphatic rings. The topological polar surface area (TPSA) is 33.5 Å². The van der Waals surface area contributed by atoms with Crippen molar-refractivity contribution in [3.05, 3.63) is 40.7 Å². The van der Waals surface area contributed by atoms with Crippen LogP contribution in [0, 0.1) is 6.57 Å². The third kappa shape index (κ3) is 2.47. The first-order valence-corrected chi connectivity index (χ1v) is 7.26. The van der Waals surface area contributed by atoms with Crippen molar-refractivity contribution in [3.8, 4) is 0 Å². The summed E-state index contributed by atoms with van der Waals surface area (Å²) in [5.41, 5.74) is 3.00. The fourth-order valence-electron chi connectivity index (χ4n) is 2.17. The summed E-state index contributed by atoms with van der Waals surface area (Å²) in [6, 6.07) is 5.91. The molecule has 1 aromatic carbocycles. The predicted octanol–water partition coefficient (Wildman–Crippen LogP) is 3.28. The van der Waals surface area contributed by atoms with Gasteiger partial charge in [-0.2, -0.15) is 0 Å². The molecule has 0 aliphatic heterocycles. The lowest BCUT2D eigenvalue weighted by Crippen LogP contribution is -2.35. The molecule has 0 spiro atoms. The van der Waals surface area contributed by atoms with Crippen LogP contribution in [0.1, 0.15) is 44.4 Å². The van der Waals surface area contributed by atoms with Crippen molar-refractivity contribution < 1.29 is 4.21 Å². The zero-order valence-electron chi connectivity index (χ0n) is 11.0. The molecule has 96 valence electrons. The van der Waals surface area contributed by atoms with Crippen LogP contribution in [0.3, 0.4) is 0 Å². The van der Waals surface area contributed by atoms with E-state index < -0.39 is 11.0 Å². The van der Waals surface area contributed by atoms with Gasteiger partial charge in [-0.05, 0) is 44.7 Å². The molecule has 1 unspecified atom stereocenters. The van der Waals surface area contributed by atoms with Crippen LogP contribution in [-0.4, -0.2) is 8.96 Å². The number of rotatable bonds is 2. The molecule has 2 rings (SSSR count). The number of hydrogen-bond acceptors (Lipinski definition) is 1. The summed E-state index contributed by atoms with van der Waals surface area (Å²) in [6.07, 6.45) is 1.82. The number of nitrogens with one attached hydrogen (secondary N) is 1. The lowest BCUT2D eigenvalue weighted by atomic mass is 10.1. The smallest absolute Gasteiger partial charge is 0.190 e. The van der Waals surface area contributed by atoms with E-state index in [4.69, 9.17) is 6.57 Å². The van der Waals surface area contributed by atoms with Gasteiger partial charge in [0.15, 0.2) is 5.69 Å². The average Bonchev–Trinajstić information content (AvgIpc) is 2.71. The monoisotopic (exact) mass is 262 g/mol. The van der Waals surface area contributed by atoms with Crippen molar-refractivity contribution in [3.63, 3.8) is 0 Å². The van der Waals surface area contributed by atoms with Crippen molar-refractivity contribution in [2.75, 3.05) is 0 Å². The number of nitrogens with zero attached hydrogens (tertiary/aromatic N) is 1. The molecule has 1 aromatic rings. The van der Waals surface area contributed by atoms with Crippen molar-refractivity contribution in [1.29, 1.82) is 0 Å². The number of benzene rings is 1. The highest BCUT2D eigenvalue weighted by Gasteiger charge is 2.28. The first kappa shape index (κ1) is 13.3. The molecule has 1 aliphatic carbocycles. The van der Waals surface area contributed by atoms with Gasteiger partial charge in [0, 0.05) is 6.04 Å². The van der Waals surface area contributed by atoms with Crippen LogP contribution in [-0.2, 0) is 17.4 Å². The van der Waals surface area contributed by atoms with E-state index in [1.807, 2.05) is 39.0 Å². The van der Waals surface area contributed by atoms with Crippen LogP contribution in [0.5, 0.6) is 0 Å². The van der Waals surface area contributed by atoms with Crippen LogP contribution >= 0.6 is 0 Å². The van der Waals surface area contributed by atoms with Gasteiger partial charge in [-0.3, -0.25) is 0 Å². The summed E-state index contributed by atoms with van der Waals surface area (Å²) < 4.78 is 15.1. The molecule has 4 heteroatoms. The second kappa shape index (κ2) is 4.83. The van der Waals surface area contributed by atoms with E-state index in [2.05, 4.69) is 9.57 Å². The van der Waals surface area contributed by atoms with Gasteiger partial charge >= 0.3 is 0 Å². The van der Waals surface area contributed by atoms with E-state index in [1.54, 1.807) is 0 Å². The van der Waals surface area contributed by atoms with Gasteiger partial charge in [0.2, 0.25) is 0 Å². The first-order chi connectivity index (χ1) is 8.43. The minimum Gasteiger partial charge on any atom is -0.242 e. The lowest BCUT2D eigenvalue weighted by molar-refractivity contribution is 0.596. The summed E-state index contributed by atoms with van der Waals surface area (Å²) in [6.45, 7) is 13.0. The quantitative estimate of drug-likeness (QED) is 0.815. The van der Waals surface area contributed by atoms with Gasteiger partial charge in [-0.1, -0.05) is 18.2 Å². The van der Waals surface area contributed by atoms with Gasteiger partial charge in [0.05, 0.1) is 22.3 Å². The Labute approximate surface area is 111 Å². The Morgan fingerprint density at radius 3 is 2.78 bits per heavy atom. The lowest BCUT2D eigenvalue weighted by Gasteiger charge is -2.22. The highest BCUT2D eigenvalue weighted by atomic mass is 32.2. The fourth-order valence-corrected chi connectivity index (χ4v) is 3.02. The Balaban J connectivity index is 2.23. The zero-order chi connectivity index (χ0) is 13.3. The highest BCUT2D eigenvalue weighted by Crippen LogP contribution is 2.37. The molecule has 0 heterocycles. The molecule has 1 N–H and O–H groups in total. The summed E-state index contributed by atoms with van der Waals surface area (Å²) in [4.78, 5) is 3.55. The first-order valence-electron chi connectivity index (χ1n) is 6.11. The molecule has 0 fully saturated rings. The SMILES string of the molecule is [C-]#[N+]c1cccc2c1CC[C@@H]2NS(=O)C(C)(C)C. The van der Waals surface area contributed by atoms with Crippen molar-refractivity contribution in [2.24, 2.45) is 0 Å². The standard InChI is InChI=1S/C14H18N2OS/c1-14(2,3)18(17)16-13-9-8-11-10(13)6-5-7-12(11)15-4/h5-7,13,16H,8-9H2,1-3H3/t13-,18?/m0/s1. The highest BCUT2D eigenvalue weighted by molar-refractivity contribution is 7.84. The third-order valence-corrected chi connectivity index (χ3v) is 4.78. The maximum absolute atomic E-state index is 12.1. The van der Waals surface area contributed by atoms with Crippen LogP contribution in [0.15, 0.2) is 18.2 Å². The van der Waals surface area contributed by atoms with Crippen LogP contribution < -0.4 is 4.72 Å². The molecular weight excluding hydrogens is 244 g/mol. The number of hydrogen-bond donors (Lipinski definition) is 1. The molecule has 0 amide bonds. The molecule has 0 saturated carbocycles. The van der Waals surface area contributed by atoms with Gasteiger partial charge in [0.25, 0.3) is 0 Å². The van der Waals surface area contributed by atoms with E-state index in [0.29, 0.717) is 0 Å². The minimum absolute atomic E-state index is 0.113. The van der Waals surface area contributed by atoms with Gasteiger partial charge < -0.3 is 0 Å². The largest absolute Gasteiger partial charge is 0.242 e. The molecule has 18 heavy (non-hydrogen) atoms. The molecule has 3 nitrogen and oxygen atoms in total. The maximum atomic E-state index is 12.1. The Morgan fingerprint density at radius 1 is 1.44 bits per heavy atom. The van der Waals surface area contributed by atoms with E-state index >= 15 is 0 Å². The minimum atomic E-state index is -1.07. The Bertz CT molecular complexity index is 526. The third-order valence-electron chi connectivity index (χ3n) is 3.17. The van der Waals surface area contributed by atoms with E-state index in [9.17, 15) is 4.21 Å². The molecule has 0 radical (unpaired) electrons. The number of fused-ring (bicyclic) bond motifs is 1. The van der Waals surface area contributed by atoms with Crippen molar-refractivity contribution in [1.82, 2.24) is 4.72 Å². The zero-order valence-corrected chi connectivity index (χ0v) is 11.8. The molecule has 0 bridgehead atoms. The second-order valence-corrected chi connectivity index (χ2v) is 7.54. The average molecular weight is 262 g/mol. The maximum Gasteiger partial charge on any atom is 0.190 e. The van der Waals surface area contributed by atoms with Crippen LogP contribution in [0.2, 0.25) is 0 Å². The summed E-state index contributed by atoms with van der Waals surface area (Å²) in [7, 11) is -1.07. The van der Waals surface area contributed by atoms with Crippen LogP contribution in [0.25, 0.3) is 4.85 Å². The molecular formula is C14H18N2OS. The second-order valence-electron chi connectivity index (χ2n) is 5.55. The molecule has 2 atom stereocenters. The van der Waals surface area contributed by atoms with Gasteiger partial charge in [-0.15, -0.1) is 0 Å². The van der Waals surface area contributed by atoms with Gasteiger partial charge in [-0.25, -0.2) is 13.8 Å². The van der Waals surface area contributed by atoms with Gasteiger partial charge in [0.1, 0.15) is 0 Å². The predicted molar refractivity (Wildman–Crippen MR) is 74.8 cm³/mol. The summed E-state index contributed by atoms with van der Waals surface area (Å²) in [5.74, 6) is 0. The Morgan fingerprint density at radius 2 is 2.17 bits per heavy atom. The van der Waals surface area contributed by atoms with Crippen molar-refractivity contribution in [2.45, 2.75) is 44.4 Å². The normalized spacial score (nSPS) is 20.2. The molecule has 0 aromatic heterocycles. The van der Waals surface area contributed by atoms with E-state index in [0.717, 1.165) is 29.7 Å². The molecule has 0 saturated heterocycles. The van der Waals surface area contributed by atoms with E-state index in [-0.39, 0.29) is 10.8 Å². The van der Waals surface area contributed by atoms with Crippen LogP contribution in [0.4, 0.5) is 5.69 Å². The summed E-state index contributed by atoms with van der Waals surface area (Å²) in [5, 5.41) is 0. The summed E-state index contributed by atoms with van der Waals surface area (Å²) >= 11 is 0.